The lowest BCUT2D eigenvalue weighted by Gasteiger charge is -2.09. The minimum Gasteiger partial charge on any atom is -0.462 e. The van der Waals surface area contributed by atoms with Crippen molar-refractivity contribution in [3.8, 4) is 0 Å². The summed E-state index contributed by atoms with van der Waals surface area (Å²) in [6.07, 6.45) is 4.72. The molecule has 0 aliphatic rings. The molecule has 2 heteroatoms. The molecule has 12 heavy (non-hydrogen) atoms. The Balaban J connectivity index is 3.36. The molecule has 0 bridgehead atoms. The van der Waals surface area contributed by atoms with Gasteiger partial charge in [-0.2, -0.15) is 0 Å². The Morgan fingerprint density at radius 2 is 2.33 bits per heavy atom. The van der Waals surface area contributed by atoms with Gasteiger partial charge in [0.05, 0.1) is 6.61 Å². The summed E-state index contributed by atoms with van der Waals surface area (Å²) in [4.78, 5) is 10.6. The number of unbranched alkanes of at least 4 members (excludes halogenated alkanes) is 1. The van der Waals surface area contributed by atoms with Crippen molar-refractivity contribution in [1.82, 2.24) is 0 Å². The largest absolute Gasteiger partial charge is 0.462 e. The first kappa shape index (κ1) is 11.2. The minimum atomic E-state index is -0.321. The van der Waals surface area contributed by atoms with Crippen molar-refractivity contribution in [2.45, 2.75) is 33.1 Å². The molecule has 0 aromatic rings. The van der Waals surface area contributed by atoms with Gasteiger partial charge in [0.2, 0.25) is 0 Å². The fourth-order valence-electron chi connectivity index (χ4n) is 0.919. The van der Waals surface area contributed by atoms with Crippen LogP contribution in [0.15, 0.2) is 12.7 Å². The Hall–Kier alpha value is -0.790. The van der Waals surface area contributed by atoms with Crippen molar-refractivity contribution in [3.05, 3.63) is 12.7 Å². The molecule has 0 aromatic heterocycles. The van der Waals surface area contributed by atoms with E-state index in [4.69, 9.17) is 4.74 Å². The molecule has 0 heterocycles. The molecule has 0 N–H and O–H groups in total. The van der Waals surface area contributed by atoms with Crippen molar-refractivity contribution < 1.29 is 9.53 Å². The average molecular weight is 170 g/mol. The standard InChI is InChI=1S/C10H18O2/c1-4-6-7-9(3)8-12-10(11)5-2/h5,9H,2,4,6-8H2,1,3H3. The van der Waals surface area contributed by atoms with E-state index in [1.54, 1.807) is 0 Å². The van der Waals surface area contributed by atoms with Gasteiger partial charge in [0.25, 0.3) is 0 Å². The maximum atomic E-state index is 10.6. The third kappa shape index (κ3) is 5.96. The first-order chi connectivity index (χ1) is 5.70. The van der Waals surface area contributed by atoms with Crippen LogP contribution in [0.25, 0.3) is 0 Å². The summed E-state index contributed by atoms with van der Waals surface area (Å²) in [6.45, 7) is 8.09. The Kier molecular flexibility index (Phi) is 6.44. The number of carbonyl (C=O) groups excluding carboxylic acids is 1. The fraction of sp³-hybridized carbons (Fsp3) is 0.700. The first-order valence-corrected chi connectivity index (χ1v) is 4.49. The monoisotopic (exact) mass is 170 g/mol. The van der Waals surface area contributed by atoms with Crippen LogP contribution in [-0.4, -0.2) is 12.6 Å². The molecule has 0 saturated heterocycles. The highest BCUT2D eigenvalue weighted by molar-refractivity contribution is 5.81. The van der Waals surface area contributed by atoms with Crippen molar-refractivity contribution in [2.24, 2.45) is 5.92 Å². The molecule has 0 amide bonds. The molecule has 0 rings (SSSR count). The van der Waals surface area contributed by atoms with E-state index in [2.05, 4.69) is 20.4 Å². The van der Waals surface area contributed by atoms with E-state index in [1.807, 2.05) is 0 Å². The van der Waals surface area contributed by atoms with Gasteiger partial charge in [0.15, 0.2) is 0 Å². The van der Waals surface area contributed by atoms with Gasteiger partial charge in [-0.25, -0.2) is 4.79 Å². The number of carbonyl (C=O) groups is 1. The van der Waals surface area contributed by atoms with Crippen LogP contribution in [-0.2, 0) is 9.53 Å². The van der Waals surface area contributed by atoms with Crippen LogP contribution >= 0.6 is 0 Å². The third-order valence-corrected chi connectivity index (χ3v) is 1.73. The predicted molar refractivity (Wildman–Crippen MR) is 49.8 cm³/mol. The molecule has 0 fully saturated rings. The number of hydrogen-bond donors (Lipinski definition) is 0. The number of hydrogen-bond acceptors (Lipinski definition) is 2. The molecular weight excluding hydrogens is 152 g/mol. The van der Waals surface area contributed by atoms with Crippen LogP contribution in [0.4, 0.5) is 0 Å². The zero-order valence-electron chi connectivity index (χ0n) is 8.01. The van der Waals surface area contributed by atoms with E-state index in [0.717, 1.165) is 6.42 Å². The Bertz CT molecular complexity index is 141. The highest BCUT2D eigenvalue weighted by Crippen LogP contribution is 2.07. The summed E-state index contributed by atoms with van der Waals surface area (Å²) >= 11 is 0. The molecular formula is C10H18O2. The molecule has 0 saturated carbocycles. The summed E-state index contributed by atoms with van der Waals surface area (Å²) < 4.78 is 4.89. The molecule has 2 nitrogen and oxygen atoms in total. The minimum absolute atomic E-state index is 0.321. The Morgan fingerprint density at radius 1 is 1.67 bits per heavy atom. The highest BCUT2D eigenvalue weighted by Gasteiger charge is 2.03. The van der Waals surface area contributed by atoms with Crippen LogP contribution in [0.5, 0.6) is 0 Å². The first-order valence-electron chi connectivity index (χ1n) is 4.49. The van der Waals surface area contributed by atoms with E-state index in [-0.39, 0.29) is 5.97 Å². The van der Waals surface area contributed by atoms with E-state index in [0.29, 0.717) is 12.5 Å². The summed E-state index contributed by atoms with van der Waals surface area (Å²) in [5.41, 5.74) is 0. The van der Waals surface area contributed by atoms with Crippen LogP contribution in [0, 0.1) is 5.92 Å². The molecule has 0 radical (unpaired) electrons. The molecule has 0 aliphatic heterocycles. The van der Waals surface area contributed by atoms with Gasteiger partial charge in [-0.05, 0) is 12.3 Å². The Labute approximate surface area is 74.6 Å². The van der Waals surface area contributed by atoms with Crippen LogP contribution in [0.2, 0.25) is 0 Å². The number of ether oxygens (including phenoxy) is 1. The lowest BCUT2D eigenvalue weighted by molar-refractivity contribution is -0.138. The topological polar surface area (TPSA) is 26.3 Å². The highest BCUT2D eigenvalue weighted by atomic mass is 16.5. The quantitative estimate of drug-likeness (QED) is 0.452. The van der Waals surface area contributed by atoms with Crippen LogP contribution in [0.3, 0.4) is 0 Å². The second kappa shape index (κ2) is 6.89. The van der Waals surface area contributed by atoms with Crippen LogP contribution in [0.1, 0.15) is 33.1 Å². The maximum Gasteiger partial charge on any atom is 0.330 e. The van der Waals surface area contributed by atoms with Gasteiger partial charge in [-0.1, -0.05) is 33.3 Å². The predicted octanol–water partition coefficient (Wildman–Crippen LogP) is 2.54. The molecule has 0 aliphatic carbocycles. The fourth-order valence-corrected chi connectivity index (χ4v) is 0.919. The second-order valence-corrected chi connectivity index (χ2v) is 3.08. The number of esters is 1. The Morgan fingerprint density at radius 3 is 2.83 bits per heavy atom. The zero-order valence-corrected chi connectivity index (χ0v) is 8.01. The molecule has 1 unspecified atom stereocenters. The van der Waals surface area contributed by atoms with Crippen molar-refractivity contribution in [2.75, 3.05) is 6.61 Å². The average Bonchev–Trinajstić information content (AvgIpc) is 2.10. The second-order valence-electron chi connectivity index (χ2n) is 3.08. The summed E-state index contributed by atoms with van der Waals surface area (Å²) in [5, 5.41) is 0. The molecule has 1 atom stereocenters. The zero-order chi connectivity index (χ0) is 9.40. The summed E-state index contributed by atoms with van der Waals surface area (Å²) in [7, 11) is 0. The number of rotatable bonds is 6. The van der Waals surface area contributed by atoms with E-state index in [1.165, 1.54) is 18.9 Å². The van der Waals surface area contributed by atoms with Crippen molar-refractivity contribution in [1.29, 1.82) is 0 Å². The third-order valence-electron chi connectivity index (χ3n) is 1.73. The molecule has 0 aromatic carbocycles. The van der Waals surface area contributed by atoms with E-state index in [9.17, 15) is 4.79 Å². The van der Waals surface area contributed by atoms with Gasteiger partial charge in [-0.15, -0.1) is 0 Å². The van der Waals surface area contributed by atoms with Gasteiger partial charge < -0.3 is 4.74 Å². The van der Waals surface area contributed by atoms with E-state index < -0.39 is 0 Å². The van der Waals surface area contributed by atoms with Gasteiger partial charge >= 0.3 is 5.97 Å². The summed E-state index contributed by atoms with van der Waals surface area (Å²) in [6, 6.07) is 0. The maximum absolute atomic E-state index is 10.6. The summed E-state index contributed by atoms with van der Waals surface area (Å²) in [5.74, 6) is 0.146. The van der Waals surface area contributed by atoms with Crippen molar-refractivity contribution >= 4 is 5.97 Å². The lowest BCUT2D eigenvalue weighted by Crippen LogP contribution is -2.09. The van der Waals surface area contributed by atoms with Gasteiger partial charge in [0.1, 0.15) is 0 Å². The molecule has 70 valence electrons. The SMILES string of the molecule is C=CC(=O)OCC(C)CCCC. The molecule has 0 spiro atoms. The van der Waals surface area contributed by atoms with Crippen molar-refractivity contribution in [3.63, 3.8) is 0 Å². The lowest BCUT2D eigenvalue weighted by atomic mass is 10.1. The smallest absolute Gasteiger partial charge is 0.330 e. The van der Waals surface area contributed by atoms with Gasteiger partial charge in [0, 0.05) is 6.08 Å². The normalized spacial score (nSPS) is 12.2. The van der Waals surface area contributed by atoms with Crippen LogP contribution < -0.4 is 0 Å². The van der Waals surface area contributed by atoms with Gasteiger partial charge in [-0.3, -0.25) is 0 Å². The van der Waals surface area contributed by atoms with E-state index >= 15 is 0 Å².